The zero-order valence-corrected chi connectivity index (χ0v) is 12.0. The van der Waals surface area contributed by atoms with E-state index in [4.69, 9.17) is 0 Å². The molecule has 0 aromatic carbocycles. The van der Waals surface area contributed by atoms with Gasteiger partial charge < -0.3 is 4.90 Å². The van der Waals surface area contributed by atoms with E-state index < -0.39 is 0 Å². The van der Waals surface area contributed by atoms with E-state index in [9.17, 15) is 4.79 Å². The minimum absolute atomic E-state index is 0.275. The van der Waals surface area contributed by atoms with Gasteiger partial charge >= 0.3 is 0 Å². The lowest BCUT2D eigenvalue weighted by Gasteiger charge is -2.26. The molecule has 0 bridgehead atoms. The summed E-state index contributed by atoms with van der Waals surface area (Å²) in [6.07, 6.45) is 4.45. The van der Waals surface area contributed by atoms with E-state index in [1.165, 1.54) is 12.8 Å². The van der Waals surface area contributed by atoms with Crippen LogP contribution in [0.1, 0.15) is 60.3 Å². The fourth-order valence-corrected chi connectivity index (χ4v) is 2.33. The maximum Gasteiger partial charge on any atom is 0.243 e. The quantitative estimate of drug-likeness (QED) is 0.774. The summed E-state index contributed by atoms with van der Waals surface area (Å²) in [7, 11) is 0. The maximum absolute atomic E-state index is 12.3. The fraction of sp³-hybridized carbons (Fsp3) is 0.929. The first-order valence-corrected chi connectivity index (χ1v) is 6.96. The standard InChI is InChI=1S/C14H28N2O/c1-6-14(5)13(17)16(10-15-14)12(4)9-7-8-11(2)3/h11-12,15H,6-10H2,1-5H3. The van der Waals surface area contributed by atoms with Crippen molar-refractivity contribution >= 4 is 5.91 Å². The summed E-state index contributed by atoms with van der Waals surface area (Å²) in [4.78, 5) is 14.3. The van der Waals surface area contributed by atoms with E-state index in [1.807, 2.05) is 11.8 Å². The topological polar surface area (TPSA) is 32.3 Å². The molecular formula is C14H28N2O. The highest BCUT2D eigenvalue weighted by Gasteiger charge is 2.42. The first-order valence-electron chi connectivity index (χ1n) is 6.96. The van der Waals surface area contributed by atoms with Crippen molar-refractivity contribution in [2.24, 2.45) is 5.92 Å². The molecule has 1 heterocycles. The minimum atomic E-state index is -0.327. The Labute approximate surface area is 106 Å². The van der Waals surface area contributed by atoms with Crippen molar-refractivity contribution in [3.63, 3.8) is 0 Å². The van der Waals surface area contributed by atoms with Gasteiger partial charge in [0.1, 0.15) is 0 Å². The molecule has 1 rings (SSSR count). The Balaban J connectivity index is 2.43. The third-order valence-electron chi connectivity index (χ3n) is 4.01. The number of rotatable bonds is 6. The number of nitrogens with one attached hydrogen (secondary N) is 1. The summed E-state index contributed by atoms with van der Waals surface area (Å²) < 4.78 is 0. The lowest BCUT2D eigenvalue weighted by Crippen LogP contribution is -2.44. The zero-order chi connectivity index (χ0) is 13.1. The lowest BCUT2D eigenvalue weighted by molar-refractivity contribution is -0.133. The van der Waals surface area contributed by atoms with Crippen molar-refractivity contribution in [1.82, 2.24) is 10.2 Å². The van der Waals surface area contributed by atoms with Crippen molar-refractivity contribution < 1.29 is 4.79 Å². The summed E-state index contributed by atoms with van der Waals surface area (Å²) >= 11 is 0. The average Bonchev–Trinajstić information content (AvgIpc) is 2.56. The normalized spacial score (nSPS) is 26.9. The lowest BCUT2D eigenvalue weighted by atomic mass is 9.98. The number of hydrogen-bond acceptors (Lipinski definition) is 2. The second kappa shape index (κ2) is 5.85. The second-order valence-electron chi connectivity index (χ2n) is 5.97. The molecule has 0 saturated carbocycles. The minimum Gasteiger partial charge on any atom is -0.326 e. The highest BCUT2D eigenvalue weighted by molar-refractivity contribution is 5.88. The molecule has 2 unspecified atom stereocenters. The third-order valence-corrected chi connectivity index (χ3v) is 4.01. The molecular weight excluding hydrogens is 212 g/mol. The third kappa shape index (κ3) is 3.44. The molecule has 0 radical (unpaired) electrons. The summed E-state index contributed by atoms with van der Waals surface area (Å²) in [5.41, 5.74) is -0.327. The van der Waals surface area contributed by atoms with Gasteiger partial charge in [0.25, 0.3) is 0 Å². The van der Waals surface area contributed by atoms with Crippen molar-refractivity contribution in [3.05, 3.63) is 0 Å². The molecule has 1 saturated heterocycles. The van der Waals surface area contributed by atoms with Gasteiger partial charge in [-0.3, -0.25) is 10.1 Å². The van der Waals surface area contributed by atoms with Gasteiger partial charge in [-0.2, -0.15) is 0 Å². The van der Waals surface area contributed by atoms with Crippen LogP contribution in [0.4, 0.5) is 0 Å². The number of amides is 1. The summed E-state index contributed by atoms with van der Waals surface area (Å²) in [6.45, 7) is 11.5. The number of carbonyl (C=O) groups is 1. The fourth-order valence-electron chi connectivity index (χ4n) is 2.33. The number of carbonyl (C=O) groups excluding carboxylic acids is 1. The van der Waals surface area contributed by atoms with Crippen LogP contribution in [-0.2, 0) is 4.79 Å². The first kappa shape index (κ1) is 14.5. The highest BCUT2D eigenvalue weighted by atomic mass is 16.2. The molecule has 0 aliphatic carbocycles. The number of nitrogens with zero attached hydrogens (tertiary/aromatic N) is 1. The molecule has 3 nitrogen and oxygen atoms in total. The number of hydrogen-bond donors (Lipinski definition) is 1. The van der Waals surface area contributed by atoms with Crippen LogP contribution in [0.15, 0.2) is 0 Å². The Morgan fingerprint density at radius 2 is 2.00 bits per heavy atom. The van der Waals surface area contributed by atoms with Gasteiger partial charge in [-0.15, -0.1) is 0 Å². The van der Waals surface area contributed by atoms with Crippen molar-refractivity contribution in [1.29, 1.82) is 0 Å². The van der Waals surface area contributed by atoms with Crippen molar-refractivity contribution in [3.8, 4) is 0 Å². The molecule has 1 fully saturated rings. The van der Waals surface area contributed by atoms with Crippen LogP contribution in [0.25, 0.3) is 0 Å². The van der Waals surface area contributed by atoms with Crippen molar-refractivity contribution in [2.75, 3.05) is 6.67 Å². The van der Waals surface area contributed by atoms with Crippen LogP contribution >= 0.6 is 0 Å². The average molecular weight is 240 g/mol. The van der Waals surface area contributed by atoms with E-state index in [0.29, 0.717) is 12.7 Å². The van der Waals surface area contributed by atoms with Crippen LogP contribution in [0, 0.1) is 5.92 Å². The Morgan fingerprint density at radius 3 is 2.47 bits per heavy atom. The first-order chi connectivity index (χ1) is 7.90. The Morgan fingerprint density at radius 1 is 1.35 bits per heavy atom. The molecule has 0 aromatic heterocycles. The summed E-state index contributed by atoms with van der Waals surface area (Å²) in [6, 6.07) is 0.363. The molecule has 1 aliphatic rings. The highest BCUT2D eigenvalue weighted by Crippen LogP contribution is 2.23. The largest absolute Gasteiger partial charge is 0.326 e. The Bertz CT molecular complexity index is 265. The van der Waals surface area contributed by atoms with Crippen LogP contribution in [0.5, 0.6) is 0 Å². The maximum atomic E-state index is 12.3. The SMILES string of the molecule is CCC1(C)NCN(C(C)CCCC(C)C)C1=O. The van der Waals surface area contributed by atoms with E-state index in [1.54, 1.807) is 0 Å². The van der Waals surface area contributed by atoms with Crippen LogP contribution < -0.4 is 5.32 Å². The monoisotopic (exact) mass is 240 g/mol. The smallest absolute Gasteiger partial charge is 0.243 e. The van der Waals surface area contributed by atoms with Crippen LogP contribution in [-0.4, -0.2) is 29.1 Å². The predicted octanol–water partition coefficient (Wildman–Crippen LogP) is 2.76. The molecule has 1 amide bonds. The molecule has 0 aromatic rings. The molecule has 1 aliphatic heterocycles. The van der Waals surface area contributed by atoms with Gasteiger partial charge in [0.2, 0.25) is 5.91 Å². The molecule has 2 atom stereocenters. The van der Waals surface area contributed by atoms with Gasteiger partial charge in [0.05, 0.1) is 12.2 Å². The summed E-state index contributed by atoms with van der Waals surface area (Å²) in [5, 5.41) is 3.34. The van der Waals surface area contributed by atoms with E-state index >= 15 is 0 Å². The zero-order valence-electron chi connectivity index (χ0n) is 12.0. The van der Waals surface area contributed by atoms with Gasteiger partial charge in [0, 0.05) is 6.04 Å². The van der Waals surface area contributed by atoms with Gasteiger partial charge in [0.15, 0.2) is 0 Å². The summed E-state index contributed by atoms with van der Waals surface area (Å²) in [5.74, 6) is 1.03. The van der Waals surface area contributed by atoms with Gasteiger partial charge in [-0.05, 0) is 32.6 Å². The van der Waals surface area contributed by atoms with Crippen LogP contribution in [0.2, 0.25) is 0 Å². The molecule has 0 spiro atoms. The van der Waals surface area contributed by atoms with Crippen LogP contribution in [0.3, 0.4) is 0 Å². The Kier molecular flexibility index (Phi) is 4.99. The molecule has 17 heavy (non-hydrogen) atoms. The van der Waals surface area contributed by atoms with E-state index in [-0.39, 0.29) is 11.4 Å². The van der Waals surface area contributed by atoms with E-state index in [2.05, 4.69) is 33.0 Å². The van der Waals surface area contributed by atoms with E-state index in [0.717, 1.165) is 18.8 Å². The van der Waals surface area contributed by atoms with Gasteiger partial charge in [-0.1, -0.05) is 33.6 Å². The van der Waals surface area contributed by atoms with Gasteiger partial charge in [-0.25, -0.2) is 0 Å². The van der Waals surface area contributed by atoms with Crippen molar-refractivity contribution in [2.45, 2.75) is 71.9 Å². The molecule has 3 heteroatoms. The Hall–Kier alpha value is -0.570. The predicted molar refractivity (Wildman–Crippen MR) is 71.7 cm³/mol. The second-order valence-corrected chi connectivity index (χ2v) is 5.97. The molecule has 100 valence electrons. The molecule has 1 N–H and O–H groups in total.